The summed E-state index contributed by atoms with van der Waals surface area (Å²) in [4.78, 5) is 27.0. The van der Waals surface area contributed by atoms with Gasteiger partial charge >= 0.3 is 0 Å². The molecular weight excluding hydrogens is 374 g/mol. The van der Waals surface area contributed by atoms with Crippen LogP contribution >= 0.6 is 0 Å². The Kier molecular flexibility index (Phi) is 5.54. The van der Waals surface area contributed by atoms with E-state index in [1.807, 2.05) is 13.8 Å². The number of phenols is 2. The smallest absolute Gasteiger partial charge is 0.294 e. The van der Waals surface area contributed by atoms with Crippen LogP contribution in [0.2, 0.25) is 0 Å². The minimum atomic E-state index is -0.790. The minimum absolute atomic E-state index is 0.0451. The van der Waals surface area contributed by atoms with Crippen LogP contribution in [-0.4, -0.2) is 27.7 Å². The molecule has 0 aromatic heterocycles. The quantitative estimate of drug-likeness (QED) is 0.375. The van der Waals surface area contributed by atoms with Gasteiger partial charge in [-0.05, 0) is 53.7 Å². The van der Waals surface area contributed by atoms with E-state index in [-0.39, 0.29) is 52.5 Å². The van der Waals surface area contributed by atoms with Crippen LogP contribution in [0.1, 0.15) is 76.8 Å². The number of hydrogen-bond acceptors (Lipinski definition) is 6. The summed E-state index contributed by atoms with van der Waals surface area (Å²) in [5, 5.41) is 31.0. The topological polar surface area (TPSA) is 110 Å². The maximum atomic E-state index is 12.5. The number of rotatable bonds is 8. The molecule has 160 valence electrons. The number of benzene rings is 1. The SMILES string of the molecule is CC(C)(CCCCO[N+](=O)[O-])c1cc(O)c([C@@H]2CC(=O)[C@@H]3C[C@H]2C3(C)C)c(O)c1. The molecular formula is C22H31NO6. The Balaban J connectivity index is 1.75. The van der Waals surface area contributed by atoms with Gasteiger partial charge in [0, 0.05) is 23.8 Å². The number of phenolic OH excluding ortho intramolecular Hbond substituents is 2. The van der Waals surface area contributed by atoms with Crippen molar-refractivity contribution in [1.29, 1.82) is 0 Å². The Bertz CT molecular complexity index is 793. The van der Waals surface area contributed by atoms with Crippen molar-refractivity contribution in [2.24, 2.45) is 17.3 Å². The summed E-state index contributed by atoms with van der Waals surface area (Å²) in [7, 11) is 0. The molecule has 2 bridgehead atoms. The third-order valence-electron chi connectivity index (χ3n) is 7.32. The van der Waals surface area contributed by atoms with Crippen molar-refractivity contribution in [3.63, 3.8) is 0 Å². The van der Waals surface area contributed by atoms with Crippen LogP contribution in [-0.2, 0) is 15.0 Å². The van der Waals surface area contributed by atoms with Crippen molar-refractivity contribution < 1.29 is 24.9 Å². The number of carbonyl (C=O) groups is 1. The fourth-order valence-electron chi connectivity index (χ4n) is 5.34. The Morgan fingerprint density at radius 1 is 1.24 bits per heavy atom. The van der Waals surface area contributed by atoms with Crippen LogP contribution in [0.5, 0.6) is 11.5 Å². The van der Waals surface area contributed by atoms with Crippen molar-refractivity contribution in [3.8, 4) is 11.5 Å². The molecule has 7 heteroatoms. The molecule has 0 aliphatic heterocycles. The summed E-state index contributed by atoms with van der Waals surface area (Å²) in [6, 6.07) is 3.40. The number of carbonyl (C=O) groups excluding carboxylic acids is 1. The predicted octanol–water partition coefficient (Wildman–Crippen LogP) is 4.47. The zero-order valence-electron chi connectivity index (χ0n) is 17.6. The van der Waals surface area contributed by atoms with Gasteiger partial charge in [0.1, 0.15) is 17.3 Å². The number of ketones is 1. The van der Waals surface area contributed by atoms with E-state index in [0.29, 0.717) is 18.4 Å². The third-order valence-corrected chi connectivity index (χ3v) is 7.32. The average Bonchev–Trinajstić information content (AvgIpc) is 2.59. The minimum Gasteiger partial charge on any atom is -0.508 e. The molecule has 0 heterocycles. The monoisotopic (exact) mass is 405 g/mol. The molecule has 3 fully saturated rings. The highest BCUT2D eigenvalue weighted by Crippen LogP contribution is 2.64. The van der Waals surface area contributed by atoms with Crippen molar-refractivity contribution in [2.75, 3.05) is 6.61 Å². The van der Waals surface area contributed by atoms with Crippen LogP contribution in [0.25, 0.3) is 0 Å². The number of Topliss-reactive ketones (excluding diaryl/α,β-unsaturated/α-hetero) is 1. The van der Waals surface area contributed by atoms with E-state index in [1.165, 1.54) is 0 Å². The molecule has 1 aromatic carbocycles. The molecule has 3 aliphatic carbocycles. The van der Waals surface area contributed by atoms with Gasteiger partial charge < -0.3 is 15.1 Å². The van der Waals surface area contributed by atoms with E-state index in [4.69, 9.17) is 0 Å². The normalized spacial score (nSPS) is 25.4. The summed E-state index contributed by atoms with van der Waals surface area (Å²) in [6.45, 7) is 8.29. The summed E-state index contributed by atoms with van der Waals surface area (Å²) in [6.07, 6.45) is 3.21. The van der Waals surface area contributed by atoms with E-state index < -0.39 is 5.09 Å². The lowest BCUT2D eigenvalue weighted by Gasteiger charge is -2.59. The van der Waals surface area contributed by atoms with Crippen molar-refractivity contribution in [2.45, 2.75) is 71.1 Å². The summed E-state index contributed by atoms with van der Waals surface area (Å²) in [5.41, 5.74) is 0.876. The lowest BCUT2D eigenvalue weighted by Crippen LogP contribution is -2.56. The van der Waals surface area contributed by atoms with Crippen LogP contribution in [0.15, 0.2) is 12.1 Å². The Labute approximate surface area is 171 Å². The first-order chi connectivity index (χ1) is 13.4. The summed E-state index contributed by atoms with van der Waals surface area (Å²) in [5.74, 6) is 0.544. The van der Waals surface area contributed by atoms with Gasteiger partial charge in [0.05, 0.1) is 6.61 Å². The van der Waals surface area contributed by atoms with E-state index >= 15 is 0 Å². The molecule has 0 radical (unpaired) electrons. The molecule has 0 saturated heterocycles. The van der Waals surface area contributed by atoms with E-state index in [9.17, 15) is 25.1 Å². The van der Waals surface area contributed by atoms with Crippen molar-refractivity contribution in [3.05, 3.63) is 33.4 Å². The predicted molar refractivity (Wildman–Crippen MR) is 107 cm³/mol. The first kappa shape index (κ1) is 21.4. The second-order valence-corrected chi connectivity index (χ2v) is 9.82. The van der Waals surface area contributed by atoms with E-state index in [2.05, 4.69) is 18.7 Å². The molecule has 7 nitrogen and oxygen atoms in total. The number of aromatic hydroxyl groups is 2. The van der Waals surface area contributed by atoms with Gasteiger partial charge in [-0.15, -0.1) is 10.1 Å². The standard InChI is InChI=1S/C22H31NO6/c1-21(2,7-5-6-8-29-23(27)28)13-9-18(25)20(19(26)10-13)14-11-17(24)16-12-15(14)22(16,3)4/h9-10,14-16,25-26H,5-8,11-12H2,1-4H3/t14-,15-,16+/m1/s1. The first-order valence-corrected chi connectivity index (χ1v) is 10.3. The highest BCUT2D eigenvalue weighted by molar-refractivity contribution is 5.86. The second-order valence-electron chi connectivity index (χ2n) is 9.82. The van der Waals surface area contributed by atoms with Crippen LogP contribution in [0.3, 0.4) is 0 Å². The van der Waals surface area contributed by atoms with Crippen molar-refractivity contribution >= 4 is 5.78 Å². The van der Waals surface area contributed by atoms with Crippen LogP contribution in [0.4, 0.5) is 0 Å². The number of fused-ring (bicyclic) bond motifs is 2. The maximum Gasteiger partial charge on any atom is 0.294 e. The Hall–Kier alpha value is -2.31. The third kappa shape index (κ3) is 3.91. The molecule has 1 aromatic rings. The summed E-state index contributed by atoms with van der Waals surface area (Å²) < 4.78 is 0. The molecule has 0 spiro atoms. The molecule has 3 aliphatic rings. The van der Waals surface area contributed by atoms with Gasteiger partial charge in [0.25, 0.3) is 5.09 Å². The largest absolute Gasteiger partial charge is 0.508 e. The van der Waals surface area contributed by atoms with Crippen LogP contribution in [0, 0.1) is 27.4 Å². The molecule has 3 saturated carbocycles. The number of unbranched alkanes of at least 4 members (excludes halogenated alkanes) is 1. The molecule has 2 N–H and O–H groups in total. The maximum absolute atomic E-state index is 12.5. The lowest BCUT2D eigenvalue weighted by atomic mass is 9.44. The Morgan fingerprint density at radius 2 is 1.86 bits per heavy atom. The molecule has 0 unspecified atom stereocenters. The molecule has 3 atom stereocenters. The van der Waals surface area contributed by atoms with Crippen molar-refractivity contribution in [1.82, 2.24) is 0 Å². The fraction of sp³-hybridized carbons (Fsp3) is 0.682. The molecule has 29 heavy (non-hydrogen) atoms. The van der Waals surface area contributed by atoms with Gasteiger partial charge in [0.2, 0.25) is 0 Å². The molecule has 4 rings (SSSR count). The average molecular weight is 405 g/mol. The van der Waals surface area contributed by atoms with Gasteiger partial charge in [-0.1, -0.05) is 34.1 Å². The zero-order valence-corrected chi connectivity index (χ0v) is 17.6. The Morgan fingerprint density at radius 3 is 2.38 bits per heavy atom. The fourth-order valence-corrected chi connectivity index (χ4v) is 5.34. The second kappa shape index (κ2) is 7.50. The number of hydrogen-bond donors (Lipinski definition) is 2. The van der Waals surface area contributed by atoms with E-state index in [0.717, 1.165) is 24.8 Å². The van der Waals surface area contributed by atoms with Gasteiger partial charge in [-0.2, -0.15) is 0 Å². The highest BCUT2D eigenvalue weighted by Gasteiger charge is 2.59. The van der Waals surface area contributed by atoms with E-state index in [1.54, 1.807) is 12.1 Å². The first-order valence-electron chi connectivity index (χ1n) is 10.3. The number of nitrogens with zero attached hydrogens (tertiary/aromatic N) is 1. The van der Waals surface area contributed by atoms with Crippen LogP contribution < -0.4 is 0 Å². The lowest BCUT2D eigenvalue weighted by molar-refractivity contribution is -0.757. The zero-order chi connectivity index (χ0) is 21.6. The summed E-state index contributed by atoms with van der Waals surface area (Å²) >= 11 is 0. The highest BCUT2D eigenvalue weighted by atomic mass is 16.9. The van der Waals surface area contributed by atoms with Gasteiger partial charge in [-0.25, -0.2) is 0 Å². The molecule has 0 amide bonds. The van der Waals surface area contributed by atoms with Gasteiger partial charge in [-0.3, -0.25) is 4.79 Å². The van der Waals surface area contributed by atoms with Gasteiger partial charge in [0.15, 0.2) is 0 Å².